The van der Waals surface area contributed by atoms with E-state index in [1.807, 2.05) is 50.2 Å². The van der Waals surface area contributed by atoms with Crippen molar-refractivity contribution in [2.24, 2.45) is 0 Å². The van der Waals surface area contributed by atoms with E-state index in [4.69, 9.17) is 11.6 Å². The summed E-state index contributed by atoms with van der Waals surface area (Å²) in [4.78, 5) is 4.45. The first kappa shape index (κ1) is 12.0. The summed E-state index contributed by atoms with van der Waals surface area (Å²) in [7, 11) is 0. The predicted molar refractivity (Wildman–Crippen MR) is 77.2 cm³/mol. The third kappa shape index (κ3) is 2.39. The van der Waals surface area contributed by atoms with E-state index in [1.165, 1.54) is 0 Å². The molecule has 96 valence electrons. The monoisotopic (exact) mass is 272 g/mol. The average Bonchev–Trinajstić information content (AvgIpc) is 2.72. The molecule has 2 heterocycles. The Morgan fingerprint density at radius 1 is 1.05 bits per heavy atom. The van der Waals surface area contributed by atoms with E-state index in [2.05, 4.69) is 15.4 Å². The van der Waals surface area contributed by atoms with Gasteiger partial charge in [-0.3, -0.25) is 0 Å². The molecule has 3 rings (SSSR count). The maximum atomic E-state index is 5.88. The molecular formula is C14H13ClN4. The lowest BCUT2D eigenvalue weighted by molar-refractivity contribution is 0.917. The van der Waals surface area contributed by atoms with Gasteiger partial charge < -0.3 is 5.32 Å². The summed E-state index contributed by atoms with van der Waals surface area (Å²) in [5, 5.41) is 8.48. The molecule has 0 saturated heterocycles. The van der Waals surface area contributed by atoms with Crippen LogP contribution in [0.15, 0.2) is 36.4 Å². The Morgan fingerprint density at radius 3 is 2.53 bits per heavy atom. The minimum atomic E-state index is 0.719. The number of hydrogen-bond acceptors (Lipinski definition) is 3. The molecule has 0 spiro atoms. The molecule has 19 heavy (non-hydrogen) atoms. The van der Waals surface area contributed by atoms with E-state index >= 15 is 0 Å². The molecule has 0 radical (unpaired) electrons. The first-order valence-corrected chi connectivity index (χ1v) is 6.36. The number of rotatable bonds is 2. The molecule has 0 bridgehead atoms. The van der Waals surface area contributed by atoms with Crippen molar-refractivity contribution < 1.29 is 0 Å². The molecule has 1 aromatic carbocycles. The quantitative estimate of drug-likeness (QED) is 0.773. The van der Waals surface area contributed by atoms with Crippen molar-refractivity contribution in [1.29, 1.82) is 0 Å². The van der Waals surface area contributed by atoms with E-state index in [0.717, 1.165) is 33.6 Å². The number of nitrogens with one attached hydrogen (secondary N) is 1. The fourth-order valence-electron chi connectivity index (χ4n) is 1.98. The standard InChI is InChI=1S/C14H13ClN4/c1-9-7-14(17-12-5-3-11(15)4-6-12)19-13(16-9)8-10(2)18-19/h3-8,17H,1-2H3. The van der Waals surface area contributed by atoms with E-state index in [1.54, 1.807) is 4.52 Å². The molecule has 0 aliphatic heterocycles. The molecule has 0 amide bonds. The Hall–Kier alpha value is -2.07. The van der Waals surface area contributed by atoms with Gasteiger partial charge in [0.25, 0.3) is 0 Å². The number of halogens is 1. The largest absolute Gasteiger partial charge is 0.340 e. The van der Waals surface area contributed by atoms with Crippen LogP contribution in [-0.4, -0.2) is 14.6 Å². The normalized spacial score (nSPS) is 10.9. The molecule has 0 unspecified atom stereocenters. The van der Waals surface area contributed by atoms with Gasteiger partial charge in [-0.25, -0.2) is 4.98 Å². The number of aromatic nitrogens is 3. The predicted octanol–water partition coefficient (Wildman–Crippen LogP) is 3.74. The van der Waals surface area contributed by atoms with Crippen LogP contribution >= 0.6 is 11.6 Å². The van der Waals surface area contributed by atoms with Crippen LogP contribution in [0.2, 0.25) is 5.02 Å². The van der Waals surface area contributed by atoms with Gasteiger partial charge in [0, 0.05) is 28.5 Å². The highest BCUT2D eigenvalue weighted by Gasteiger charge is 2.06. The maximum Gasteiger partial charge on any atom is 0.157 e. The lowest BCUT2D eigenvalue weighted by atomic mass is 10.3. The van der Waals surface area contributed by atoms with Crippen LogP contribution in [0.4, 0.5) is 11.5 Å². The van der Waals surface area contributed by atoms with Gasteiger partial charge in [0.1, 0.15) is 5.82 Å². The van der Waals surface area contributed by atoms with Gasteiger partial charge in [-0.05, 0) is 38.1 Å². The van der Waals surface area contributed by atoms with Gasteiger partial charge in [0.15, 0.2) is 5.65 Å². The van der Waals surface area contributed by atoms with Crippen molar-refractivity contribution in [1.82, 2.24) is 14.6 Å². The third-order valence-electron chi connectivity index (χ3n) is 2.79. The zero-order chi connectivity index (χ0) is 13.4. The Labute approximate surface area is 116 Å². The van der Waals surface area contributed by atoms with E-state index < -0.39 is 0 Å². The molecule has 0 saturated carbocycles. The fraction of sp³-hybridized carbons (Fsp3) is 0.143. The van der Waals surface area contributed by atoms with Crippen LogP contribution in [-0.2, 0) is 0 Å². The van der Waals surface area contributed by atoms with Crippen molar-refractivity contribution in [3.63, 3.8) is 0 Å². The molecule has 1 N–H and O–H groups in total. The first-order chi connectivity index (χ1) is 9.11. The number of fused-ring (bicyclic) bond motifs is 1. The van der Waals surface area contributed by atoms with Gasteiger partial charge in [-0.1, -0.05) is 11.6 Å². The average molecular weight is 273 g/mol. The molecule has 0 aliphatic rings. The third-order valence-corrected chi connectivity index (χ3v) is 3.05. The molecule has 2 aromatic heterocycles. The molecule has 4 nitrogen and oxygen atoms in total. The topological polar surface area (TPSA) is 42.2 Å². The minimum absolute atomic E-state index is 0.719. The highest BCUT2D eigenvalue weighted by Crippen LogP contribution is 2.20. The summed E-state index contributed by atoms with van der Waals surface area (Å²) in [6.45, 7) is 3.92. The Kier molecular flexibility index (Phi) is 2.87. The second-order valence-corrected chi connectivity index (χ2v) is 4.91. The second kappa shape index (κ2) is 4.55. The first-order valence-electron chi connectivity index (χ1n) is 5.98. The molecule has 5 heteroatoms. The molecule has 0 atom stereocenters. The minimum Gasteiger partial charge on any atom is -0.340 e. The van der Waals surface area contributed by atoms with Crippen molar-refractivity contribution in [2.75, 3.05) is 5.32 Å². The van der Waals surface area contributed by atoms with Crippen molar-refractivity contribution in [2.45, 2.75) is 13.8 Å². The van der Waals surface area contributed by atoms with Gasteiger partial charge in [-0.15, -0.1) is 0 Å². The molecule has 0 fully saturated rings. The zero-order valence-electron chi connectivity index (χ0n) is 10.7. The Bertz CT molecular complexity index is 731. The summed E-state index contributed by atoms with van der Waals surface area (Å²) in [6.07, 6.45) is 0. The van der Waals surface area contributed by atoms with Gasteiger partial charge in [-0.2, -0.15) is 9.61 Å². The number of hydrogen-bond donors (Lipinski definition) is 1. The highest BCUT2D eigenvalue weighted by molar-refractivity contribution is 6.30. The number of anilines is 2. The van der Waals surface area contributed by atoms with Crippen molar-refractivity contribution in [3.8, 4) is 0 Å². The number of benzene rings is 1. The van der Waals surface area contributed by atoms with E-state index in [0.29, 0.717) is 0 Å². The van der Waals surface area contributed by atoms with Crippen LogP contribution < -0.4 is 5.32 Å². The van der Waals surface area contributed by atoms with E-state index in [-0.39, 0.29) is 0 Å². The van der Waals surface area contributed by atoms with Gasteiger partial charge in [0.2, 0.25) is 0 Å². The number of nitrogens with zero attached hydrogens (tertiary/aromatic N) is 3. The zero-order valence-corrected chi connectivity index (χ0v) is 11.4. The van der Waals surface area contributed by atoms with Crippen molar-refractivity contribution in [3.05, 3.63) is 52.8 Å². The summed E-state index contributed by atoms with van der Waals surface area (Å²) < 4.78 is 1.80. The maximum absolute atomic E-state index is 5.88. The SMILES string of the molecule is Cc1cc(Nc2ccc(Cl)cc2)n2nc(C)cc2n1. The smallest absolute Gasteiger partial charge is 0.157 e. The summed E-state index contributed by atoms with van der Waals surface area (Å²) in [5.41, 5.74) is 3.69. The van der Waals surface area contributed by atoms with Crippen LogP contribution in [0, 0.1) is 13.8 Å². The van der Waals surface area contributed by atoms with Crippen LogP contribution in [0.1, 0.15) is 11.4 Å². The Morgan fingerprint density at radius 2 is 1.79 bits per heavy atom. The van der Waals surface area contributed by atoms with E-state index in [9.17, 15) is 0 Å². The fourth-order valence-corrected chi connectivity index (χ4v) is 2.11. The van der Waals surface area contributed by atoms with Gasteiger partial charge in [0.05, 0.1) is 5.69 Å². The summed E-state index contributed by atoms with van der Waals surface area (Å²) >= 11 is 5.88. The highest BCUT2D eigenvalue weighted by atomic mass is 35.5. The lowest BCUT2D eigenvalue weighted by Crippen LogP contribution is -2.02. The Balaban J connectivity index is 2.06. The molecule has 3 aromatic rings. The van der Waals surface area contributed by atoms with Crippen LogP contribution in [0.25, 0.3) is 5.65 Å². The van der Waals surface area contributed by atoms with Gasteiger partial charge >= 0.3 is 0 Å². The lowest BCUT2D eigenvalue weighted by Gasteiger charge is -2.09. The number of aryl methyl sites for hydroxylation is 2. The van der Waals surface area contributed by atoms with Crippen LogP contribution in [0.3, 0.4) is 0 Å². The summed E-state index contributed by atoms with van der Waals surface area (Å²) in [5.74, 6) is 0.887. The summed E-state index contributed by atoms with van der Waals surface area (Å²) in [6, 6.07) is 11.5. The molecular weight excluding hydrogens is 260 g/mol. The molecule has 0 aliphatic carbocycles. The van der Waals surface area contributed by atoms with Crippen molar-refractivity contribution >= 4 is 28.8 Å². The van der Waals surface area contributed by atoms with Crippen LogP contribution in [0.5, 0.6) is 0 Å². The second-order valence-electron chi connectivity index (χ2n) is 4.47.